The van der Waals surface area contributed by atoms with Gasteiger partial charge in [0.2, 0.25) is 11.8 Å². The van der Waals surface area contributed by atoms with Crippen molar-refractivity contribution in [1.82, 2.24) is 5.32 Å². The van der Waals surface area contributed by atoms with Crippen molar-refractivity contribution in [2.45, 2.75) is 52.0 Å². The van der Waals surface area contributed by atoms with Crippen molar-refractivity contribution in [2.75, 3.05) is 12.4 Å². The van der Waals surface area contributed by atoms with Crippen LogP contribution in [0.4, 0.5) is 5.69 Å². The third kappa shape index (κ3) is 4.98. The van der Waals surface area contributed by atoms with Gasteiger partial charge in [0.05, 0.1) is 7.11 Å². The molecular formula is C19H28N2O3. The number of carbonyl (C=O) groups excluding carboxylic acids is 2. The highest BCUT2D eigenvalue weighted by atomic mass is 16.5. The lowest BCUT2D eigenvalue weighted by molar-refractivity contribution is -0.130. The van der Waals surface area contributed by atoms with E-state index in [-0.39, 0.29) is 23.7 Å². The van der Waals surface area contributed by atoms with Crippen LogP contribution >= 0.6 is 0 Å². The van der Waals surface area contributed by atoms with Crippen molar-refractivity contribution in [3.05, 3.63) is 24.3 Å². The van der Waals surface area contributed by atoms with Crippen molar-refractivity contribution in [2.24, 2.45) is 11.8 Å². The van der Waals surface area contributed by atoms with Gasteiger partial charge in [-0.05, 0) is 30.9 Å². The maximum absolute atomic E-state index is 12.6. The fraction of sp³-hybridized carbons (Fsp3) is 0.579. The third-order valence-electron chi connectivity index (χ3n) is 4.56. The molecule has 0 bridgehead atoms. The van der Waals surface area contributed by atoms with Crippen molar-refractivity contribution in [3.63, 3.8) is 0 Å². The van der Waals surface area contributed by atoms with E-state index in [1.54, 1.807) is 19.2 Å². The van der Waals surface area contributed by atoms with Crippen LogP contribution in [0.3, 0.4) is 0 Å². The van der Waals surface area contributed by atoms with Crippen LogP contribution in [0, 0.1) is 11.8 Å². The number of amides is 2. The lowest BCUT2D eigenvalue weighted by Crippen LogP contribution is -2.49. The van der Waals surface area contributed by atoms with Crippen molar-refractivity contribution in [1.29, 1.82) is 0 Å². The molecule has 2 N–H and O–H groups in total. The number of rotatable bonds is 6. The van der Waals surface area contributed by atoms with Gasteiger partial charge in [0.25, 0.3) is 0 Å². The van der Waals surface area contributed by atoms with E-state index in [1.165, 1.54) is 6.42 Å². The summed E-state index contributed by atoms with van der Waals surface area (Å²) < 4.78 is 5.17. The first-order valence-electron chi connectivity index (χ1n) is 8.76. The number of hydrogen-bond donors (Lipinski definition) is 2. The van der Waals surface area contributed by atoms with Gasteiger partial charge in [-0.25, -0.2) is 0 Å². The van der Waals surface area contributed by atoms with E-state index in [4.69, 9.17) is 4.74 Å². The molecule has 0 radical (unpaired) electrons. The molecule has 1 aromatic rings. The van der Waals surface area contributed by atoms with Crippen LogP contribution in [-0.2, 0) is 9.59 Å². The molecule has 0 spiro atoms. The summed E-state index contributed by atoms with van der Waals surface area (Å²) in [6.45, 7) is 3.88. The Bertz CT molecular complexity index is 565. The predicted octanol–water partition coefficient (Wildman–Crippen LogP) is 3.35. The Labute approximate surface area is 144 Å². The fourth-order valence-electron chi connectivity index (χ4n) is 3.09. The number of nitrogens with one attached hydrogen (secondary N) is 2. The Morgan fingerprint density at radius 1 is 1.17 bits per heavy atom. The molecule has 0 aliphatic heterocycles. The summed E-state index contributed by atoms with van der Waals surface area (Å²) >= 11 is 0. The van der Waals surface area contributed by atoms with E-state index in [2.05, 4.69) is 10.6 Å². The fourth-order valence-corrected chi connectivity index (χ4v) is 3.09. The Hall–Kier alpha value is -2.04. The van der Waals surface area contributed by atoms with E-state index in [1.807, 2.05) is 26.0 Å². The Morgan fingerprint density at radius 3 is 2.50 bits per heavy atom. The Balaban J connectivity index is 2.00. The maximum Gasteiger partial charge on any atom is 0.247 e. The first-order valence-corrected chi connectivity index (χ1v) is 8.76. The van der Waals surface area contributed by atoms with Crippen molar-refractivity contribution < 1.29 is 14.3 Å². The smallest absolute Gasteiger partial charge is 0.247 e. The highest BCUT2D eigenvalue weighted by Crippen LogP contribution is 2.24. The summed E-state index contributed by atoms with van der Waals surface area (Å²) in [5.74, 6) is 0.560. The number of anilines is 1. The summed E-state index contributed by atoms with van der Waals surface area (Å²) in [4.78, 5) is 25.1. The van der Waals surface area contributed by atoms with Gasteiger partial charge in [0.15, 0.2) is 0 Å². The molecule has 1 fully saturated rings. The highest BCUT2D eigenvalue weighted by Gasteiger charge is 2.28. The maximum atomic E-state index is 12.6. The Kier molecular flexibility index (Phi) is 6.64. The number of ether oxygens (including phenoxy) is 1. The average Bonchev–Trinajstić information content (AvgIpc) is 2.60. The number of hydrogen-bond acceptors (Lipinski definition) is 3. The molecule has 1 aliphatic carbocycles. The molecule has 132 valence electrons. The second-order valence-corrected chi connectivity index (χ2v) is 6.79. The van der Waals surface area contributed by atoms with Gasteiger partial charge in [-0.2, -0.15) is 0 Å². The minimum absolute atomic E-state index is 0.00851. The van der Waals surface area contributed by atoms with Gasteiger partial charge in [-0.15, -0.1) is 0 Å². The summed E-state index contributed by atoms with van der Waals surface area (Å²) in [5, 5.41) is 5.83. The zero-order valence-corrected chi connectivity index (χ0v) is 14.8. The molecule has 2 rings (SSSR count). The summed E-state index contributed by atoms with van der Waals surface area (Å²) in [6.07, 6.45) is 5.25. The minimum atomic E-state index is -0.536. The van der Waals surface area contributed by atoms with Crippen molar-refractivity contribution in [3.8, 4) is 5.75 Å². The minimum Gasteiger partial charge on any atom is -0.497 e. The number of benzene rings is 1. The Morgan fingerprint density at radius 2 is 1.88 bits per heavy atom. The SMILES string of the molecule is COc1cccc(NC(=O)[C@@H](NC(=O)C2CCCCC2)C(C)C)c1. The molecule has 5 nitrogen and oxygen atoms in total. The van der Waals surface area contributed by atoms with Crippen LogP contribution < -0.4 is 15.4 Å². The van der Waals surface area contributed by atoms with Crippen LogP contribution in [0.1, 0.15) is 46.0 Å². The molecular weight excluding hydrogens is 304 g/mol. The van der Waals surface area contributed by atoms with Gasteiger partial charge in [0, 0.05) is 17.7 Å². The molecule has 1 saturated carbocycles. The second kappa shape index (κ2) is 8.71. The van der Waals surface area contributed by atoms with E-state index in [0.717, 1.165) is 25.7 Å². The quantitative estimate of drug-likeness (QED) is 0.839. The molecule has 0 saturated heterocycles. The van der Waals surface area contributed by atoms with E-state index in [9.17, 15) is 9.59 Å². The van der Waals surface area contributed by atoms with E-state index < -0.39 is 6.04 Å². The molecule has 1 aromatic carbocycles. The molecule has 1 aliphatic rings. The van der Waals surface area contributed by atoms with Gasteiger partial charge in [-0.3, -0.25) is 9.59 Å². The molecule has 0 heterocycles. The zero-order chi connectivity index (χ0) is 17.5. The van der Waals surface area contributed by atoms with Crippen LogP contribution in [-0.4, -0.2) is 25.0 Å². The van der Waals surface area contributed by atoms with Gasteiger partial charge in [0.1, 0.15) is 11.8 Å². The van der Waals surface area contributed by atoms with Gasteiger partial charge < -0.3 is 15.4 Å². The monoisotopic (exact) mass is 332 g/mol. The number of carbonyl (C=O) groups is 2. The zero-order valence-electron chi connectivity index (χ0n) is 14.8. The van der Waals surface area contributed by atoms with Crippen LogP contribution in [0.5, 0.6) is 5.75 Å². The highest BCUT2D eigenvalue weighted by molar-refractivity contribution is 5.97. The summed E-state index contributed by atoms with van der Waals surface area (Å²) in [5.41, 5.74) is 0.664. The average molecular weight is 332 g/mol. The summed E-state index contributed by atoms with van der Waals surface area (Å²) in [6, 6.07) is 6.67. The van der Waals surface area contributed by atoms with E-state index >= 15 is 0 Å². The summed E-state index contributed by atoms with van der Waals surface area (Å²) in [7, 11) is 1.59. The lowest BCUT2D eigenvalue weighted by atomic mass is 9.88. The molecule has 0 unspecified atom stereocenters. The normalized spacial score (nSPS) is 16.5. The molecule has 1 atom stereocenters. The standard InChI is InChI=1S/C19H28N2O3/c1-13(2)17(21-18(22)14-8-5-4-6-9-14)19(23)20-15-10-7-11-16(12-15)24-3/h7,10-14,17H,4-6,8-9H2,1-3H3,(H,20,23)(H,21,22)/t17-/m0/s1. The first-order chi connectivity index (χ1) is 11.5. The molecule has 2 amide bonds. The predicted molar refractivity (Wildman–Crippen MR) is 95.0 cm³/mol. The third-order valence-corrected chi connectivity index (χ3v) is 4.56. The van der Waals surface area contributed by atoms with Gasteiger partial charge in [-0.1, -0.05) is 39.2 Å². The molecule has 0 aromatic heterocycles. The second-order valence-electron chi connectivity index (χ2n) is 6.79. The van der Waals surface area contributed by atoms with Crippen LogP contribution in [0.15, 0.2) is 24.3 Å². The largest absolute Gasteiger partial charge is 0.497 e. The van der Waals surface area contributed by atoms with Gasteiger partial charge >= 0.3 is 0 Å². The first kappa shape index (κ1) is 18.3. The van der Waals surface area contributed by atoms with Crippen LogP contribution in [0.2, 0.25) is 0 Å². The van der Waals surface area contributed by atoms with Crippen LogP contribution in [0.25, 0.3) is 0 Å². The van der Waals surface area contributed by atoms with Crippen molar-refractivity contribution >= 4 is 17.5 Å². The number of methoxy groups -OCH3 is 1. The van der Waals surface area contributed by atoms with E-state index in [0.29, 0.717) is 11.4 Å². The topological polar surface area (TPSA) is 67.4 Å². The molecule has 5 heteroatoms. The molecule has 24 heavy (non-hydrogen) atoms. The lowest BCUT2D eigenvalue weighted by Gasteiger charge is -2.26.